The first-order chi connectivity index (χ1) is 26.1. The number of allylic oxidation sites excluding steroid dienone is 1. The monoisotopic (exact) mass is 850 g/mol. The van der Waals surface area contributed by atoms with E-state index in [9.17, 15) is 18.7 Å². The number of hydrogen-bond acceptors (Lipinski definition) is 6. The number of rotatable bonds is 2. The summed E-state index contributed by atoms with van der Waals surface area (Å²) in [4.78, 5) is 19.5. The van der Waals surface area contributed by atoms with Crippen LogP contribution in [0.5, 0.6) is 11.5 Å². The van der Waals surface area contributed by atoms with Crippen LogP contribution in [0.1, 0.15) is 36.8 Å². The van der Waals surface area contributed by atoms with E-state index >= 15 is 0 Å². The van der Waals surface area contributed by atoms with E-state index in [-0.39, 0.29) is 41.9 Å². The molecule has 6 aromatic rings. The Labute approximate surface area is 323 Å². The van der Waals surface area contributed by atoms with Crippen LogP contribution in [0.15, 0.2) is 99.4 Å². The van der Waals surface area contributed by atoms with E-state index in [2.05, 4.69) is 51.7 Å². The van der Waals surface area contributed by atoms with Gasteiger partial charge in [0, 0.05) is 47.6 Å². The van der Waals surface area contributed by atoms with E-state index in [1.54, 1.807) is 58.2 Å². The Kier molecular flexibility index (Phi) is 9.04. The molecule has 4 heterocycles. The third kappa shape index (κ3) is 5.82. The Morgan fingerprint density at radius 2 is 1.35 bits per heavy atom. The molecule has 3 aliphatic rings. The molecule has 0 amide bonds. The van der Waals surface area contributed by atoms with Gasteiger partial charge in [-0.3, -0.25) is 4.79 Å². The molecule has 54 heavy (non-hydrogen) atoms. The van der Waals surface area contributed by atoms with Crippen molar-refractivity contribution >= 4 is 65.1 Å². The summed E-state index contributed by atoms with van der Waals surface area (Å²) in [6.45, 7) is 16.0. The van der Waals surface area contributed by atoms with Crippen LogP contribution in [0.25, 0.3) is 48.6 Å². The second kappa shape index (κ2) is 13.9. The largest absolute Gasteiger partial charge is 0.523 e. The second-order valence-corrected chi connectivity index (χ2v) is 14.4. The number of benzene rings is 4. The van der Waals surface area contributed by atoms with E-state index < -0.39 is 5.54 Å². The lowest BCUT2D eigenvalue weighted by Crippen LogP contribution is -2.29. The molecule has 268 valence electrons. The number of aromatic nitrogens is 4. The van der Waals surface area contributed by atoms with Crippen LogP contribution >= 0.6 is 31.9 Å². The molecule has 1 unspecified atom stereocenters. The number of carbonyl (C=O) groups is 1. The lowest BCUT2D eigenvalue weighted by Gasteiger charge is -2.27. The zero-order valence-electron chi connectivity index (χ0n) is 28.1. The maximum atomic E-state index is 13.3. The van der Waals surface area contributed by atoms with Gasteiger partial charge in [0.1, 0.15) is 28.9 Å². The van der Waals surface area contributed by atoms with Crippen molar-refractivity contribution in [3.63, 3.8) is 0 Å². The fraction of sp³-hybridized carbons (Fsp3) is 0.175. The summed E-state index contributed by atoms with van der Waals surface area (Å²) < 4.78 is 43.1. The second-order valence-electron chi connectivity index (χ2n) is 12.8. The predicted molar refractivity (Wildman–Crippen MR) is 204 cm³/mol. The summed E-state index contributed by atoms with van der Waals surface area (Å²) in [5.41, 5.74) is 4.36. The molecule has 2 aliphatic heterocycles. The number of carbonyl (C=O) groups excluding carboxylic acids is 1. The van der Waals surface area contributed by atoms with Gasteiger partial charge >= 0.3 is 0 Å². The minimum atomic E-state index is -0.894. The number of ketones is 1. The smallest absolute Gasteiger partial charge is 0.283 e. The van der Waals surface area contributed by atoms with Crippen LogP contribution in [-0.4, -0.2) is 43.7 Å². The predicted octanol–water partition coefficient (Wildman–Crippen LogP) is 9.97. The number of nitrogens with zero attached hydrogens (tertiary/aromatic N) is 6. The summed E-state index contributed by atoms with van der Waals surface area (Å²) >= 11 is 7.23. The van der Waals surface area contributed by atoms with Crippen molar-refractivity contribution in [1.29, 1.82) is 0 Å². The minimum absolute atomic E-state index is 0.0194. The van der Waals surface area contributed by atoms with Crippen LogP contribution in [0.2, 0.25) is 0 Å². The SMILES string of the molecule is [C-]#[N+]C12CCC(=O)C=C1CCOc1c2cc2cnn(-c3ccc(F)cc3)c2c1Br.[C-]#[N+]C1=C(O)CCOc2c1cc1cnn(-c3ccc(F)cc3)c1c2Br. The first-order valence-electron chi connectivity index (χ1n) is 16.7. The van der Waals surface area contributed by atoms with Crippen LogP contribution < -0.4 is 9.47 Å². The van der Waals surface area contributed by atoms with Crippen molar-refractivity contribution in [3.8, 4) is 22.9 Å². The molecule has 0 saturated carbocycles. The molecule has 1 N–H and O–H groups in total. The average Bonchev–Trinajstić information content (AvgIpc) is 3.71. The lowest BCUT2D eigenvalue weighted by molar-refractivity contribution is -0.115. The number of hydrogen-bond donors (Lipinski definition) is 1. The van der Waals surface area contributed by atoms with Crippen molar-refractivity contribution < 1.29 is 28.2 Å². The Morgan fingerprint density at radius 3 is 1.94 bits per heavy atom. The maximum Gasteiger partial charge on any atom is 0.283 e. The van der Waals surface area contributed by atoms with Gasteiger partial charge in [-0.1, -0.05) is 6.07 Å². The molecule has 1 aliphatic carbocycles. The highest BCUT2D eigenvalue weighted by atomic mass is 79.9. The van der Waals surface area contributed by atoms with Crippen LogP contribution in [-0.2, 0) is 10.3 Å². The van der Waals surface area contributed by atoms with Crippen LogP contribution in [0.3, 0.4) is 0 Å². The topological polar surface area (TPSA) is 100 Å². The number of ether oxygens (including phenoxy) is 2. The summed E-state index contributed by atoms with van der Waals surface area (Å²) in [5.74, 6) is 0.546. The number of aliphatic hydroxyl groups excluding tert-OH is 1. The quantitative estimate of drug-likeness (QED) is 0.174. The normalized spacial score (nSPS) is 17.7. The van der Waals surface area contributed by atoms with E-state index in [0.717, 1.165) is 38.6 Å². The summed E-state index contributed by atoms with van der Waals surface area (Å²) in [5, 5.41) is 20.5. The van der Waals surface area contributed by atoms with Gasteiger partial charge in [-0.25, -0.2) is 29.6 Å². The molecule has 9 rings (SSSR count). The van der Waals surface area contributed by atoms with Crippen molar-refractivity contribution in [2.45, 2.75) is 31.2 Å². The van der Waals surface area contributed by atoms with E-state index in [4.69, 9.17) is 22.6 Å². The van der Waals surface area contributed by atoms with E-state index in [1.165, 1.54) is 24.3 Å². The van der Waals surface area contributed by atoms with E-state index in [1.807, 2.05) is 6.07 Å². The Hall–Kier alpha value is -5.83. The van der Waals surface area contributed by atoms with Crippen molar-refractivity contribution in [3.05, 3.63) is 145 Å². The molecule has 10 nitrogen and oxygen atoms in total. The minimum Gasteiger partial charge on any atom is -0.523 e. The molecule has 14 heteroatoms. The van der Waals surface area contributed by atoms with Crippen molar-refractivity contribution in [1.82, 2.24) is 19.6 Å². The Balaban J connectivity index is 0.000000155. The van der Waals surface area contributed by atoms with Crippen molar-refractivity contribution in [2.75, 3.05) is 13.2 Å². The molecule has 0 bridgehead atoms. The fourth-order valence-corrected chi connectivity index (χ4v) is 8.57. The van der Waals surface area contributed by atoms with Gasteiger partial charge in [0.05, 0.1) is 69.1 Å². The molecule has 0 spiro atoms. The van der Waals surface area contributed by atoms with Crippen molar-refractivity contribution in [2.24, 2.45) is 0 Å². The zero-order chi connectivity index (χ0) is 37.7. The highest BCUT2D eigenvalue weighted by molar-refractivity contribution is 9.11. The molecule has 1 atom stereocenters. The zero-order valence-corrected chi connectivity index (χ0v) is 31.3. The highest BCUT2D eigenvalue weighted by Crippen LogP contribution is 2.52. The summed E-state index contributed by atoms with van der Waals surface area (Å²) in [6, 6.07) is 15.8. The molecule has 0 fully saturated rings. The van der Waals surface area contributed by atoms with Crippen LogP contribution in [0, 0.1) is 24.8 Å². The third-order valence-electron chi connectivity index (χ3n) is 9.72. The Morgan fingerprint density at radius 1 is 0.796 bits per heavy atom. The van der Waals surface area contributed by atoms with Gasteiger partial charge in [0.15, 0.2) is 5.78 Å². The molecular weight excluding hydrogens is 826 g/mol. The van der Waals surface area contributed by atoms with Gasteiger partial charge in [-0.2, -0.15) is 10.2 Å². The fourth-order valence-electron chi connectivity index (χ4n) is 7.12. The van der Waals surface area contributed by atoms with Gasteiger partial charge < -0.3 is 19.4 Å². The van der Waals surface area contributed by atoms with Gasteiger partial charge in [0.2, 0.25) is 5.70 Å². The standard InChI is InChI=1S/C22H15BrFN3O2.C18H11BrFN3O2/c1-25-22-8-6-17(28)11-14(22)7-9-29-21-18(22)10-13-12-26-27(20(13)19(21)23)16-4-2-15(24)3-5-16;1-21-16-13-8-10-9-22-23(12-4-2-11(20)3-5-12)17(10)15(19)18(13)25-7-6-14(16)24/h2-5,10-12H,6-9H2;2-5,8-9,24H,6-7H2. The molecule has 4 aromatic carbocycles. The molecule has 2 aromatic heterocycles. The highest BCUT2D eigenvalue weighted by Gasteiger charge is 2.50. The number of aliphatic hydroxyl groups is 1. The number of fused-ring (bicyclic) bond motifs is 6. The van der Waals surface area contributed by atoms with Crippen LogP contribution in [0.4, 0.5) is 8.78 Å². The molecule has 0 radical (unpaired) electrons. The first-order valence-corrected chi connectivity index (χ1v) is 18.3. The van der Waals surface area contributed by atoms with Gasteiger partial charge in [-0.15, -0.1) is 0 Å². The Bertz CT molecular complexity index is 2670. The van der Waals surface area contributed by atoms with E-state index in [0.29, 0.717) is 57.6 Å². The van der Waals surface area contributed by atoms with Gasteiger partial charge in [0.25, 0.3) is 5.54 Å². The lowest BCUT2D eigenvalue weighted by atomic mass is 9.74. The van der Waals surface area contributed by atoms with Gasteiger partial charge in [-0.05, 0) is 92.5 Å². The molecular formula is C40H26Br2F2N6O4. The summed E-state index contributed by atoms with van der Waals surface area (Å²) in [7, 11) is 0. The first kappa shape index (κ1) is 35.2. The average molecular weight is 852 g/mol. The maximum absolute atomic E-state index is 13.3. The number of halogens is 4. The third-order valence-corrected chi connectivity index (χ3v) is 11.2. The molecule has 0 saturated heterocycles. The summed E-state index contributed by atoms with van der Waals surface area (Å²) in [6.07, 6.45) is 6.61.